The predicted molar refractivity (Wildman–Crippen MR) is 459 cm³/mol. The summed E-state index contributed by atoms with van der Waals surface area (Å²) in [6, 6.07) is 0. The number of ether oxygens (including phenoxy) is 1. The molecule has 0 amide bonds. The number of nitrogens with zero attached hydrogens (tertiary/aromatic N) is 5. The maximum atomic E-state index is 10.1. The molecule has 0 saturated carbocycles. The molecule has 0 unspecified atom stereocenters. The molecular formula is C68H189N5O16S5Si5. The molecule has 31 heteroatoms. The third-order valence-corrected chi connectivity index (χ3v) is 39.7. The van der Waals surface area contributed by atoms with Crippen LogP contribution < -0.4 is 0 Å². The summed E-state index contributed by atoms with van der Waals surface area (Å²) < 4.78 is 163. The SMILES string of the molecule is C.C.C.C.C.C.C.C.C.C.C.C1CC[N+]2(C1)CCCC2.CC[N+](C)(CC)CC.CC[N+](C)(CC)CC.CC[N+](C)(CC)COC.CC[N+](CC)(CC)CC.C[Si](C)(C)CS(=O)(=O)[O-].C[Si](C)(C)CS(=O)(=O)[O-].C[Si](C)(C)CS(=O)(=O)[O-].C[Si](C)(C)CS(=O)(=O)[O-].C[Si](C)(C)CS(=O)(=O)[O-]. The first-order valence-electron chi connectivity index (χ1n) is 32.1. The Labute approximate surface area is 633 Å². The van der Waals surface area contributed by atoms with E-state index in [9.17, 15) is 64.9 Å². The average molecular weight is 1630 g/mol. The Bertz CT molecular complexity index is 1980. The van der Waals surface area contributed by atoms with Crippen molar-refractivity contribution in [3.8, 4) is 0 Å². The second-order valence-electron chi connectivity index (χ2n) is 30.4. The van der Waals surface area contributed by atoms with Crippen LogP contribution in [0, 0.1) is 0 Å². The van der Waals surface area contributed by atoms with Crippen molar-refractivity contribution in [2.75, 3.05) is 167 Å². The third kappa shape index (κ3) is 117. The summed E-state index contributed by atoms with van der Waals surface area (Å²) in [5.41, 5.74) is 0. The molecule has 0 radical (unpaired) electrons. The van der Waals surface area contributed by atoms with E-state index >= 15 is 0 Å². The van der Waals surface area contributed by atoms with Crippen molar-refractivity contribution in [1.29, 1.82) is 0 Å². The van der Waals surface area contributed by atoms with Crippen molar-refractivity contribution in [2.45, 2.75) is 289 Å². The highest BCUT2D eigenvalue weighted by Gasteiger charge is 2.34. The molecule has 0 aliphatic carbocycles. The van der Waals surface area contributed by atoms with E-state index in [4.69, 9.17) is 4.74 Å². The van der Waals surface area contributed by atoms with Gasteiger partial charge in [-0.05, 0) is 83.1 Å². The first kappa shape index (κ1) is 149. The molecule has 0 aromatic heterocycles. The lowest BCUT2D eigenvalue weighted by Crippen LogP contribution is -2.47. The summed E-state index contributed by atoms with van der Waals surface area (Å²) in [6.07, 6.45) is 6.00. The van der Waals surface area contributed by atoms with E-state index in [1.165, 1.54) is 135 Å². The Morgan fingerprint density at radius 2 is 0.414 bits per heavy atom. The van der Waals surface area contributed by atoms with Gasteiger partial charge in [-0.15, -0.1) is 0 Å². The van der Waals surface area contributed by atoms with Gasteiger partial charge in [-0.3, -0.25) is 0 Å². The van der Waals surface area contributed by atoms with Crippen LogP contribution in [-0.4, -0.2) is 294 Å². The van der Waals surface area contributed by atoms with E-state index in [0.29, 0.717) is 0 Å². The molecule has 2 aliphatic rings. The molecule has 0 atom stereocenters. The van der Waals surface area contributed by atoms with Gasteiger partial charge in [-0.2, -0.15) is 0 Å². The highest BCUT2D eigenvalue weighted by atomic mass is 32.2. The number of methoxy groups -OCH3 is 1. The second kappa shape index (κ2) is 67.7. The van der Waals surface area contributed by atoms with Gasteiger partial charge in [0.1, 0.15) is 0 Å². The maximum absolute atomic E-state index is 10.1. The second-order valence-corrected chi connectivity index (χ2v) is 67.3. The van der Waals surface area contributed by atoms with Crippen LogP contribution in [0.3, 0.4) is 0 Å². The quantitative estimate of drug-likeness (QED) is 0.0375. The minimum Gasteiger partial charge on any atom is -0.748 e. The molecule has 0 N–H and O–H groups in total. The van der Waals surface area contributed by atoms with Gasteiger partial charge in [-0.25, -0.2) is 42.1 Å². The number of rotatable bonds is 24. The normalized spacial score (nSPS) is 13.3. The topological polar surface area (TPSA) is 295 Å². The molecule has 1 spiro atoms. The number of quaternary nitrogens is 5. The smallest absolute Gasteiger partial charge is 0.182 e. The molecule has 21 nitrogen and oxygen atoms in total. The van der Waals surface area contributed by atoms with Gasteiger partial charge in [0.25, 0.3) is 0 Å². The first-order chi connectivity index (χ1) is 38.7. The van der Waals surface area contributed by atoms with Crippen LogP contribution in [0.1, 0.15) is 190 Å². The highest BCUT2D eigenvalue weighted by Crippen LogP contribution is 2.26. The summed E-state index contributed by atoms with van der Waals surface area (Å²) in [4.78, 5) is 0. The highest BCUT2D eigenvalue weighted by molar-refractivity contribution is 7.88. The lowest BCUT2D eigenvalue weighted by atomic mass is 10.3. The molecule has 2 saturated heterocycles. The summed E-state index contributed by atoms with van der Waals surface area (Å²) in [6.45, 7) is 76.4. The fourth-order valence-electron chi connectivity index (χ4n) is 8.51. The average Bonchev–Trinajstić information content (AvgIpc) is 4.05. The van der Waals surface area contributed by atoms with Crippen LogP contribution >= 0.6 is 0 Å². The Morgan fingerprint density at radius 1 is 0.283 bits per heavy atom. The molecule has 2 rings (SSSR count). The molecule has 99 heavy (non-hydrogen) atoms. The van der Waals surface area contributed by atoms with Crippen LogP contribution in [0.5, 0.6) is 0 Å². The fraction of sp³-hybridized carbons (Fsp3) is 1.00. The number of hydrogen-bond acceptors (Lipinski definition) is 16. The van der Waals surface area contributed by atoms with E-state index in [-0.39, 0.29) is 109 Å². The minimum atomic E-state index is -3.97. The summed E-state index contributed by atoms with van der Waals surface area (Å²) in [7, 11) is -19.8. The van der Waals surface area contributed by atoms with Gasteiger partial charge >= 0.3 is 0 Å². The molecule has 2 heterocycles. The van der Waals surface area contributed by atoms with Gasteiger partial charge in [-0.1, -0.05) is 180 Å². The van der Waals surface area contributed by atoms with Crippen molar-refractivity contribution in [1.82, 2.24) is 0 Å². The largest absolute Gasteiger partial charge is 0.748 e. The van der Waals surface area contributed by atoms with E-state index in [2.05, 4.69) is 104 Å². The standard InChI is InChI=1S/C8H16N.C8H20N.C7H18NO.2C7H18N.5C4H12O3SSi.11CH4/c1-2-6-9(5-1)7-3-4-8-9;1-5-9(6-2,7-3)8-4;1-5-8(3,6-2)7-9-4;2*1-5-8(4,6-2)7-3;5*1-9(2,3)4-8(5,6)7;;;;;;;;;;;/h1-8H2;5-8H2,1-4H3;5-7H2,1-4H3;2*5-7H2,1-4H3;5*4H2,1-3H3,(H,5,6,7);11*1H4/q5*+1;;;;;;;;;;;;;;;;/p-5. The predicted octanol–water partition coefficient (Wildman–Crippen LogP) is 16.4. The van der Waals surface area contributed by atoms with Gasteiger partial charge in [0.2, 0.25) is 0 Å². The Hall–Kier alpha value is 0.394. The Kier molecular flexibility index (Phi) is 102. The molecule has 0 aromatic rings. The molecule has 0 aromatic carbocycles. The summed E-state index contributed by atoms with van der Waals surface area (Å²) in [5.74, 6) is 0. The van der Waals surface area contributed by atoms with E-state index in [0.717, 1.165) is 24.3 Å². The zero-order valence-electron chi connectivity index (χ0n) is 62.7. The van der Waals surface area contributed by atoms with Crippen molar-refractivity contribution in [2.24, 2.45) is 0 Å². The Balaban J connectivity index is -0.0000000417. The molecule has 632 valence electrons. The molecule has 2 fully saturated rings. The zero-order chi connectivity index (χ0) is 72.6. The van der Waals surface area contributed by atoms with E-state index in [1.54, 1.807) is 7.11 Å². The summed E-state index contributed by atoms with van der Waals surface area (Å²) >= 11 is 0. The van der Waals surface area contributed by atoms with Gasteiger partial charge in [0, 0.05) is 59.7 Å². The third-order valence-electron chi connectivity index (χ3n) is 15.3. The lowest BCUT2D eigenvalue weighted by molar-refractivity contribution is -0.924. The minimum absolute atomic E-state index is 0. The summed E-state index contributed by atoms with van der Waals surface area (Å²) in [5, 5.41) is -0.764. The monoisotopic (exact) mass is 1630 g/mol. The van der Waals surface area contributed by atoms with Gasteiger partial charge in [0.15, 0.2) is 6.73 Å². The van der Waals surface area contributed by atoms with Gasteiger partial charge in [0.05, 0.1) is 217 Å². The van der Waals surface area contributed by atoms with Crippen molar-refractivity contribution in [3.63, 3.8) is 0 Å². The van der Waals surface area contributed by atoms with Crippen molar-refractivity contribution >= 4 is 91.0 Å². The van der Waals surface area contributed by atoms with E-state index in [1.807, 2.05) is 98.2 Å². The molecular weight excluding hydrogens is 1440 g/mol. The lowest BCUT2D eigenvalue weighted by Gasteiger charge is -2.34. The van der Waals surface area contributed by atoms with Crippen LogP contribution in [-0.2, 0) is 55.3 Å². The van der Waals surface area contributed by atoms with Crippen LogP contribution in [0.2, 0.25) is 98.2 Å². The maximum Gasteiger partial charge on any atom is 0.182 e. The van der Waals surface area contributed by atoms with Crippen molar-refractivity contribution < 1.29 is 92.0 Å². The van der Waals surface area contributed by atoms with Crippen molar-refractivity contribution in [3.05, 3.63) is 0 Å². The van der Waals surface area contributed by atoms with E-state index < -0.39 is 91.0 Å². The van der Waals surface area contributed by atoms with Crippen LogP contribution in [0.4, 0.5) is 0 Å². The molecule has 0 bridgehead atoms. The van der Waals surface area contributed by atoms with Crippen LogP contribution in [0.15, 0.2) is 0 Å². The van der Waals surface area contributed by atoms with Crippen LogP contribution in [0.25, 0.3) is 0 Å². The zero-order valence-corrected chi connectivity index (χ0v) is 71.8. The first-order valence-corrected chi connectivity index (χ1v) is 58.5. The fourth-order valence-corrected chi connectivity index (χ4v) is 29.7. The molecule has 2 aliphatic heterocycles. The number of hydrogen-bond donors (Lipinski definition) is 0. The van der Waals surface area contributed by atoms with Gasteiger partial charge < -0.3 is 49.9 Å². The Morgan fingerprint density at radius 3 is 0.455 bits per heavy atom.